The van der Waals surface area contributed by atoms with Crippen LogP contribution in [-0.4, -0.2) is 13.4 Å². The van der Waals surface area contributed by atoms with Gasteiger partial charge in [-0.15, -0.1) is 5.54 Å². The first-order valence-electron chi connectivity index (χ1n) is 4.60. The lowest BCUT2D eigenvalue weighted by molar-refractivity contribution is 1.63. The zero-order chi connectivity index (χ0) is 10.6. The molecule has 72 valence electrons. The molecule has 0 fully saturated rings. The Labute approximate surface area is 92.4 Å². The highest BCUT2D eigenvalue weighted by atomic mass is 32.1. The summed E-state index contributed by atoms with van der Waals surface area (Å²) in [7, 11) is -1.25. The Kier molecular flexibility index (Phi) is 3.62. The van der Waals surface area contributed by atoms with E-state index < -0.39 is 8.07 Å². The van der Waals surface area contributed by atoms with Crippen molar-refractivity contribution in [2.24, 2.45) is 0 Å². The van der Waals surface area contributed by atoms with Gasteiger partial charge < -0.3 is 0 Å². The van der Waals surface area contributed by atoms with Crippen molar-refractivity contribution in [2.45, 2.75) is 19.6 Å². The molecule has 0 N–H and O–H groups in total. The van der Waals surface area contributed by atoms with Crippen molar-refractivity contribution in [2.75, 3.05) is 0 Å². The van der Waals surface area contributed by atoms with E-state index in [4.69, 9.17) is 12.2 Å². The molecule has 1 aromatic rings. The van der Waals surface area contributed by atoms with E-state index in [2.05, 4.69) is 31.1 Å². The number of benzene rings is 1. The molecule has 0 saturated heterocycles. The lowest BCUT2D eigenvalue weighted by Crippen LogP contribution is -2.16. The van der Waals surface area contributed by atoms with Crippen LogP contribution in [0.2, 0.25) is 19.6 Å². The lowest BCUT2D eigenvalue weighted by Gasteiger charge is -2.03. The number of hydrogen-bond donors (Lipinski definition) is 0. The van der Waals surface area contributed by atoms with Crippen molar-refractivity contribution in [3.05, 3.63) is 35.4 Å². The Balaban J connectivity index is 2.87. The lowest BCUT2D eigenvalue weighted by atomic mass is 10.2. The number of rotatable bonds is 1. The molecular weight excluding hydrogens is 204 g/mol. The third-order valence-electron chi connectivity index (χ3n) is 1.63. The third kappa shape index (κ3) is 3.86. The fourth-order valence-corrected chi connectivity index (χ4v) is 1.58. The second kappa shape index (κ2) is 4.54. The first-order chi connectivity index (χ1) is 6.51. The molecular formula is C12H14SSi. The van der Waals surface area contributed by atoms with Gasteiger partial charge in [-0.1, -0.05) is 49.9 Å². The minimum Gasteiger partial charge on any atom is -0.127 e. The summed E-state index contributed by atoms with van der Waals surface area (Å²) < 4.78 is 0. The van der Waals surface area contributed by atoms with Crippen LogP contribution >= 0.6 is 12.2 Å². The Bertz CT molecular complexity index is 374. The van der Waals surface area contributed by atoms with Gasteiger partial charge >= 0.3 is 0 Å². The van der Waals surface area contributed by atoms with Crippen LogP contribution in [0.25, 0.3) is 0 Å². The average molecular weight is 218 g/mol. The predicted molar refractivity (Wildman–Crippen MR) is 69.4 cm³/mol. The van der Waals surface area contributed by atoms with Gasteiger partial charge in [0, 0.05) is 10.9 Å². The zero-order valence-electron chi connectivity index (χ0n) is 8.79. The third-order valence-corrected chi connectivity index (χ3v) is 2.78. The summed E-state index contributed by atoms with van der Waals surface area (Å²) in [6.45, 7) is 6.72. The van der Waals surface area contributed by atoms with Gasteiger partial charge in [-0.05, 0) is 17.7 Å². The second-order valence-electron chi connectivity index (χ2n) is 4.24. The topological polar surface area (TPSA) is 0 Å². The molecule has 0 unspecified atom stereocenters. The first-order valence-corrected chi connectivity index (χ1v) is 8.57. The van der Waals surface area contributed by atoms with Crippen LogP contribution in [0, 0.1) is 11.5 Å². The summed E-state index contributed by atoms with van der Waals surface area (Å²) in [4.78, 5) is 0. The van der Waals surface area contributed by atoms with Crippen molar-refractivity contribution < 1.29 is 0 Å². The smallest absolute Gasteiger partial charge is 0.127 e. The Morgan fingerprint density at radius 3 is 2.14 bits per heavy atom. The van der Waals surface area contributed by atoms with E-state index >= 15 is 0 Å². The van der Waals surface area contributed by atoms with Gasteiger partial charge in [-0.3, -0.25) is 0 Å². The summed E-state index contributed by atoms with van der Waals surface area (Å²) in [5, 5.41) is 1.68. The van der Waals surface area contributed by atoms with Gasteiger partial charge in [0.05, 0.1) is 0 Å². The van der Waals surface area contributed by atoms with Crippen LogP contribution in [0.15, 0.2) is 24.3 Å². The molecule has 0 bridgehead atoms. The highest BCUT2D eigenvalue weighted by Gasteiger charge is 2.07. The predicted octanol–water partition coefficient (Wildman–Crippen LogP) is 3.26. The molecule has 2 heteroatoms. The first kappa shape index (κ1) is 11.2. The summed E-state index contributed by atoms with van der Waals surface area (Å²) in [5.41, 5.74) is 5.47. The maximum absolute atomic E-state index is 4.83. The van der Waals surface area contributed by atoms with Crippen molar-refractivity contribution in [3.8, 4) is 11.5 Å². The quantitative estimate of drug-likeness (QED) is 0.396. The molecule has 0 aliphatic rings. The maximum Gasteiger partial charge on any atom is 0.129 e. The van der Waals surface area contributed by atoms with E-state index in [1.165, 1.54) is 0 Å². The fourth-order valence-electron chi connectivity index (χ4n) is 0.905. The fraction of sp³-hybridized carbons (Fsp3) is 0.250. The largest absolute Gasteiger partial charge is 0.129 e. The van der Waals surface area contributed by atoms with Crippen molar-refractivity contribution in [3.63, 3.8) is 0 Å². The van der Waals surface area contributed by atoms with E-state index in [1.54, 1.807) is 5.37 Å². The summed E-state index contributed by atoms with van der Waals surface area (Å²) in [5.74, 6) is 3.20. The van der Waals surface area contributed by atoms with E-state index in [0.29, 0.717) is 0 Å². The highest BCUT2D eigenvalue weighted by molar-refractivity contribution is 7.79. The molecule has 0 heterocycles. The molecule has 0 nitrogen and oxygen atoms in total. The van der Waals surface area contributed by atoms with E-state index in [9.17, 15) is 0 Å². The SMILES string of the molecule is C[Si](C)(C)C#Cc1ccc(C=S)cc1. The summed E-state index contributed by atoms with van der Waals surface area (Å²) in [6, 6.07) is 8.04. The molecule has 0 amide bonds. The van der Waals surface area contributed by atoms with Crippen LogP contribution in [0.5, 0.6) is 0 Å². The van der Waals surface area contributed by atoms with Crippen LogP contribution in [0.4, 0.5) is 0 Å². The second-order valence-corrected chi connectivity index (χ2v) is 9.23. The van der Waals surface area contributed by atoms with E-state index in [-0.39, 0.29) is 0 Å². The molecule has 0 radical (unpaired) electrons. The monoisotopic (exact) mass is 218 g/mol. The molecule has 0 atom stereocenters. The van der Waals surface area contributed by atoms with Crippen LogP contribution in [0.3, 0.4) is 0 Å². The molecule has 0 aliphatic heterocycles. The van der Waals surface area contributed by atoms with Crippen LogP contribution in [-0.2, 0) is 0 Å². The molecule has 0 saturated carbocycles. The molecule has 1 rings (SSSR count). The summed E-state index contributed by atoms with van der Waals surface area (Å²) in [6.07, 6.45) is 0. The molecule has 0 aliphatic carbocycles. The van der Waals surface area contributed by atoms with Crippen LogP contribution in [0.1, 0.15) is 11.1 Å². The highest BCUT2D eigenvalue weighted by Crippen LogP contribution is 2.03. The minimum absolute atomic E-state index is 1.07. The normalized spacial score (nSPS) is 10.2. The average Bonchev–Trinajstić information content (AvgIpc) is 2.14. The van der Waals surface area contributed by atoms with Gasteiger partial charge in [-0.2, -0.15) is 0 Å². The maximum atomic E-state index is 4.83. The van der Waals surface area contributed by atoms with Crippen molar-refractivity contribution in [1.82, 2.24) is 0 Å². The van der Waals surface area contributed by atoms with Gasteiger partial charge in [-0.25, -0.2) is 0 Å². The van der Waals surface area contributed by atoms with Crippen LogP contribution < -0.4 is 0 Å². The van der Waals surface area contributed by atoms with Crippen molar-refractivity contribution >= 4 is 25.7 Å². The van der Waals surface area contributed by atoms with Crippen molar-refractivity contribution in [1.29, 1.82) is 0 Å². The Hall–Kier alpha value is -0.913. The Morgan fingerprint density at radius 1 is 1.14 bits per heavy atom. The molecule has 0 aromatic heterocycles. The summed E-state index contributed by atoms with van der Waals surface area (Å²) >= 11 is 4.83. The van der Waals surface area contributed by atoms with E-state index in [1.807, 2.05) is 24.3 Å². The van der Waals surface area contributed by atoms with Gasteiger partial charge in [0.2, 0.25) is 0 Å². The molecule has 14 heavy (non-hydrogen) atoms. The Morgan fingerprint density at radius 2 is 1.71 bits per heavy atom. The van der Waals surface area contributed by atoms with Gasteiger partial charge in [0.25, 0.3) is 0 Å². The molecule has 0 spiro atoms. The number of hydrogen-bond acceptors (Lipinski definition) is 1. The van der Waals surface area contributed by atoms with E-state index in [0.717, 1.165) is 11.1 Å². The molecule has 1 aromatic carbocycles. The standard InChI is InChI=1S/C12H14SSi/c1-14(2,3)9-8-11-4-6-12(10-13)7-5-11/h4-7,10H,1-3H3. The minimum atomic E-state index is -1.25. The van der Waals surface area contributed by atoms with Gasteiger partial charge in [0.15, 0.2) is 0 Å². The number of thiocarbonyl (C=S) groups is 1. The van der Waals surface area contributed by atoms with Gasteiger partial charge in [0.1, 0.15) is 8.07 Å². The zero-order valence-corrected chi connectivity index (χ0v) is 10.6.